The van der Waals surface area contributed by atoms with Gasteiger partial charge in [-0.25, -0.2) is 4.98 Å². The molecule has 0 fully saturated rings. The predicted molar refractivity (Wildman–Crippen MR) is 63.6 cm³/mol. The van der Waals surface area contributed by atoms with Crippen molar-refractivity contribution in [2.45, 2.75) is 0 Å². The Balaban J connectivity index is 2.45. The van der Waals surface area contributed by atoms with Gasteiger partial charge in [-0.2, -0.15) is 4.98 Å². The van der Waals surface area contributed by atoms with E-state index in [2.05, 4.69) is 9.97 Å². The molecule has 0 bridgehead atoms. The highest BCUT2D eigenvalue weighted by atomic mass is 16.5. The van der Waals surface area contributed by atoms with Crippen molar-refractivity contribution >= 4 is 16.7 Å². The smallest absolute Gasteiger partial charge is 0.238 e. The third-order valence-corrected chi connectivity index (χ3v) is 2.65. The van der Waals surface area contributed by atoms with E-state index in [4.69, 9.17) is 9.47 Å². The van der Waals surface area contributed by atoms with Crippen molar-refractivity contribution in [1.29, 1.82) is 0 Å². The summed E-state index contributed by atoms with van der Waals surface area (Å²) < 4.78 is 12.3. The van der Waals surface area contributed by atoms with E-state index in [1.54, 1.807) is 20.3 Å². The molecule has 0 aliphatic rings. The number of rotatable bonds is 2. The van der Waals surface area contributed by atoms with Crippen LogP contribution in [0.5, 0.6) is 11.8 Å². The molecule has 86 valence electrons. The van der Waals surface area contributed by atoms with E-state index in [1.807, 2.05) is 28.8 Å². The van der Waals surface area contributed by atoms with E-state index in [0.29, 0.717) is 11.8 Å². The van der Waals surface area contributed by atoms with Gasteiger partial charge in [0.05, 0.1) is 14.2 Å². The molecule has 5 nitrogen and oxygen atoms in total. The molecule has 17 heavy (non-hydrogen) atoms. The number of hydrogen-bond acceptors (Lipinski definition) is 4. The fourth-order valence-corrected chi connectivity index (χ4v) is 1.86. The molecule has 5 heteroatoms. The lowest BCUT2D eigenvalue weighted by atomic mass is 10.4. The largest absolute Gasteiger partial charge is 0.481 e. The van der Waals surface area contributed by atoms with Crippen LogP contribution in [0.2, 0.25) is 0 Å². The third-order valence-electron chi connectivity index (χ3n) is 2.65. The van der Waals surface area contributed by atoms with Crippen LogP contribution in [0.3, 0.4) is 0 Å². The van der Waals surface area contributed by atoms with Crippen LogP contribution >= 0.6 is 0 Å². The zero-order valence-corrected chi connectivity index (χ0v) is 9.54. The summed E-state index contributed by atoms with van der Waals surface area (Å²) in [6.45, 7) is 0. The number of ether oxygens (including phenoxy) is 2. The number of hydrogen-bond donors (Lipinski definition) is 0. The van der Waals surface area contributed by atoms with Gasteiger partial charge in [-0.3, -0.25) is 4.40 Å². The van der Waals surface area contributed by atoms with Crippen LogP contribution in [-0.2, 0) is 0 Å². The molecule has 0 saturated heterocycles. The Morgan fingerprint density at radius 2 is 1.94 bits per heavy atom. The van der Waals surface area contributed by atoms with Crippen LogP contribution in [0.1, 0.15) is 0 Å². The second-order valence-electron chi connectivity index (χ2n) is 3.58. The molecule has 0 aliphatic carbocycles. The highest BCUT2D eigenvalue weighted by Crippen LogP contribution is 2.24. The molecule has 0 unspecified atom stereocenters. The number of aromatic nitrogens is 3. The Morgan fingerprint density at radius 1 is 1.06 bits per heavy atom. The first kappa shape index (κ1) is 9.89. The Bertz CT molecular complexity index is 691. The lowest BCUT2D eigenvalue weighted by molar-refractivity contribution is 0.397. The number of nitrogens with zero attached hydrogens (tertiary/aromatic N) is 3. The molecule has 0 aliphatic heterocycles. The van der Waals surface area contributed by atoms with Gasteiger partial charge in [0.25, 0.3) is 0 Å². The van der Waals surface area contributed by atoms with Gasteiger partial charge in [-0.05, 0) is 18.2 Å². The molecule has 3 aromatic rings. The van der Waals surface area contributed by atoms with Crippen LogP contribution in [0, 0.1) is 0 Å². The monoisotopic (exact) mass is 229 g/mol. The summed E-state index contributed by atoms with van der Waals surface area (Å²) in [5.74, 6) is 1.16. The van der Waals surface area contributed by atoms with Gasteiger partial charge < -0.3 is 9.47 Å². The van der Waals surface area contributed by atoms with Crippen LogP contribution in [0.4, 0.5) is 0 Å². The SMILES string of the molecule is COc1ccc2nc(OC)c3cccn3c2n1. The Hall–Kier alpha value is -2.30. The molecular formula is C12H11N3O2. The average Bonchev–Trinajstić information content (AvgIpc) is 2.86. The molecule has 0 spiro atoms. The summed E-state index contributed by atoms with van der Waals surface area (Å²) in [6, 6.07) is 7.51. The summed E-state index contributed by atoms with van der Waals surface area (Å²) in [4.78, 5) is 8.80. The highest BCUT2D eigenvalue weighted by Gasteiger charge is 2.09. The Labute approximate surface area is 97.6 Å². The van der Waals surface area contributed by atoms with Crippen molar-refractivity contribution in [3.8, 4) is 11.8 Å². The summed E-state index contributed by atoms with van der Waals surface area (Å²) in [5.41, 5.74) is 2.41. The van der Waals surface area contributed by atoms with Gasteiger partial charge in [-0.1, -0.05) is 0 Å². The molecule has 0 radical (unpaired) electrons. The highest BCUT2D eigenvalue weighted by molar-refractivity contribution is 5.78. The van der Waals surface area contributed by atoms with E-state index in [9.17, 15) is 0 Å². The van der Waals surface area contributed by atoms with Gasteiger partial charge in [-0.15, -0.1) is 0 Å². The zero-order valence-electron chi connectivity index (χ0n) is 9.54. The quantitative estimate of drug-likeness (QED) is 0.673. The minimum atomic E-state index is 0.569. The van der Waals surface area contributed by atoms with E-state index in [-0.39, 0.29) is 0 Å². The van der Waals surface area contributed by atoms with E-state index < -0.39 is 0 Å². The maximum Gasteiger partial charge on any atom is 0.238 e. The fraction of sp³-hybridized carbons (Fsp3) is 0.167. The first-order valence-electron chi connectivity index (χ1n) is 5.19. The van der Waals surface area contributed by atoms with E-state index >= 15 is 0 Å². The maximum absolute atomic E-state index is 5.26. The van der Waals surface area contributed by atoms with Crippen molar-refractivity contribution in [3.63, 3.8) is 0 Å². The number of fused-ring (bicyclic) bond motifs is 3. The predicted octanol–water partition coefficient (Wildman–Crippen LogP) is 1.90. The molecule has 0 atom stereocenters. The van der Waals surface area contributed by atoms with Crippen LogP contribution in [-0.4, -0.2) is 28.6 Å². The molecule has 0 aromatic carbocycles. The van der Waals surface area contributed by atoms with Crippen molar-refractivity contribution in [3.05, 3.63) is 30.5 Å². The van der Waals surface area contributed by atoms with Gasteiger partial charge >= 0.3 is 0 Å². The minimum Gasteiger partial charge on any atom is -0.481 e. The third kappa shape index (κ3) is 1.39. The normalized spacial score (nSPS) is 10.9. The van der Waals surface area contributed by atoms with Crippen molar-refractivity contribution in [2.24, 2.45) is 0 Å². The molecule has 3 heterocycles. The van der Waals surface area contributed by atoms with Gasteiger partial charge in [0.2, 0.25) is 11.8 Å². The summed E-state index contributed by atoms with van der Waals surface area (Å²) in [5, 5.41) is 0. The van der Waals surface area contributed by atoms with Crippen molar-refractivity contribution in [1.82, 2.24) is 14.4 Å². The number of pyridine rings is 1. The fourth-order valence-electron chi connectivity index (χ4n) is 1.86. The molecular weight excluding hydrogens is 218 g/mol. The lowest BCUT2D eigenvalue weighted by Crippen LogP contribution is -1.98. The first-order valence-corrected chi connectivity index (χ1v) is 5.19. The molecule has 0 N–H and O–H groups in total. The average molecular weight is 229 g/mol. The molecule has 3 aromatic heterocycles. The maximum atomic E-state index is 5.26. The van der Waals surface area contributed by atoms with Gasteiger partial charge in [0.15, 0.2) is 5.65 Å². The topological polar surface area (TPSA) is 48.7 Å². The Kier molecular flexibility index (Phi) is 2.11. The van der Waals surface area contributed by atoms with Gasteiger partial charge in [0, 0.05) is 12.3 Å². The number of methoxy groups -OCH3 is 2. The summed E-state index contributed by atoms with van der Waals surface area (Å²) in [7, 11) is 3.20. The summed E-state index contributed by atoms with van der Waals surface area (Å²) in [6.07, 6.45) is 1.92. The molecule has 3 rings (SSSR count). The van der Waals surface area contributed by atoms with Crippen molar-refractivity contribution in [2.75, 3.05) is 14.2 Å². The van der Waals surface area contributed by atoms with Crippen LogP contribution in [0.25, 0.3) is 16.7 Å². The second kappa shape index (κ2) is 3.62. The van der Waals surface area contributed by atoms with E-state index in [0.717, 1.165) is 16.7 Å². The standard InChI is InChI=1S/C12H11N3O2/c1-16-10-6-5-8-11(14-10)15-7-3-4-9(15)12(13-8)17-2/h3-7H,1-2H3. The molecule has 0 saturated carbocycles. The van der Waals surface area contributed by atoms with Crippen LogP contribution < -0.4 is 9.47 Å². The lowest BCUT2D eigenvalue weighted by Gasteiger charge is -2.07. The van der Waals surface area contributed by atoms with E-state index in [1.165, 1.54) is 0 Å². The van der Waals surface area contributed by atoms with Gasteiger partial charge in [0.1, 0.15) is 11.0 Å². The molecule has 0 amide bonds. The zero-order chi connectivity index (χ0) is 11.8. The Morgan fingerprint density at radius 3 is 2.71 bits per heavy atom. The summed E-state index contributed by atoms with van der Waals surface area (Å²) >= 11 is 0. The first-order chi connectivity index (χ1) is 8.33. The van der Waals surface area contributed by atoms with Crippen molar-refractivity contribution < 1.29 is 9.47 Å². The second-order valence-corrected chi connectivity index (χ2v) is 3.58. The van der Waals surface area contributed by atoms with Crippen LogP contribution in [0.15, 0.2) is 30.5 Å². The minimum absolute atomic E-state index is 0.569.